The minimum Gasteiger partial charge on any atom is -0.481 e. The fourth-order valence-corrected chi connectivity index (χ4v) is 6.06. The zero-order valence-corrected chi connectivity index (χ0v) is 26.6. The second-order valence-electron chi connectivity index (χ2n) is 12.2. The topological polar surface area (TPSA) is 115 Å². The van der Waals surface area contributed by atoms with E-state index in [4.69, 9.17) is 21.3 Å². The summed E-state index contributed by atoms with van der Waals surface area (Å²) in [4.78, 5) is 47.3. The van der Waals surface area contributed by atoms with Gasteiger partial charge >= 0.3 is 6.03 Å². The number of carbonyl (C=O) groups is 3. The van der Waals surface area contributed by atoms with Crippen LogP contribution in [-0.4, -0.2) is 89.1 Å². The molecule has 44 heavy (non-hydrogen) atoms. The van der Waals surface area contributed by atoms with Gasteiger partial charge in [-0.1, -0.05) is 48.0 Å². The molecular formula is C33H38ClN5O5. The average Bonchev–Trinajstić information content (AvgIpc) is 2.96. The number of anilines is 1. The van der Waals surface area contributed by atoms with Gasteiger partial charge in [0.1, 0.15) is 5.92 Å². The largest absolute Gasteiger partial charge is 0.481 e. The zero-order valence-electron chi connectivity index (χ0n) is 25.8. The van der Waals surface area contributed by atoms with Crippen molar-refractivity contribution in [2.75, 3.05) is 46.2 Å². The fraction of sp³-hybridized carbons (Fsp3) is 0.394. The number of hydrogen-bond acceptors (Lipinski definition) is 7. The van der Waals surface area contributed by atoms with Crippen LogP contribution in [0.4, 0.5) is 10.5 Å². The lowest BCUT2D eigenvalue weighted by atomic mass is 9.84. The van der Waals surface area contributed by atoms with Crippen molar-refractivity contribution in [1.29, 1.82) is 0 Å². The van der Waals surface area contributed by atoms with E-state index in [1.54, 1.807) is 20.2 Å². The number of aromatic nitrogens is 1. The van der Waals surface area contributed by atoms with Crippen molar-refractivity contribution >= 4 is 35.1 Å². The molecular weight excluding hydrogens is 582 g/mol. The lowest BCUT2D eigenvalue weighted by Crippen LogP contribution is -2.56. The number of aliphatic hydroxyl groups is 1. The van der Waals surface area contributed by atoms with E-state index in [-0.39, 0.29) is 12.5 Å². The number of likely N-dealkylation sites (tertiary alicyclic amines) is 1. The number of nitrogens with one attached hydrogen (secondary N) is 1. The molecule has 0 saturated carbocycles. The van der Waals surface area contributed by atoms with Crippen molar-refractivity contribution in [3.8, 4) is 28.3 Å². The Labute approximate surface area is 262 Å². The van der Waals surface area contributed by atoms with Crippen LogP contribution in [0.3, 0.4) is 0 Å². The summed E-state index contributed by atoms with van der Waals surface area (Å²) < 4.78 is 5.66. The zero-order chi connectivity index (χ0) is 31.9. The van der Waals surface area contributed by atoms with Gasteiger partial charge in [-0.2, -0.15) is 0 Å². The highest BCUT2D eigenvalue weighted by Gasteiger charge is 2.40. The van der Waals surface area contributed by atoms with Crippen LogP contribution in [-0.2, 0) is 16.1 Å². The van der Waals surface area contributed by atoms with Crippen LogP contribution in [0, 0.1) is 18.8 Å². The van der Waals surface area contributed by atoms with Crippen LogP contribution in [0.25, 0.3) is 22.4 Å². The Hall–Kier alpha value is -3.99. The number of benzene rings is 2. The number of imide groups is 1. The third-order valence-electron chi connectivity index (χ3n) is 8.65. The molecule has 1 aromatic heterocycles. The van der Waals surface area contributed by atoms with Gasteiger partial charge in [0.2, 0.25) is 17.7 Å². The summed E-state index contributed by atoms with van der Waals surface area (Å²) in [7, 11) is 4.53. The van der Waals surface area contributed by atoms with Crippen LogP contribution in [0.5, 0.6) is 5.88 Å². The molecule has 3 heterocycles. The Morgan fingerprint density at radius 2 is 1.70 bits per heavy atom. The maximum Gasteiger partial charge on any atom is 0.326 e. The summed E-state index contributed by atoms with van der Waals surface area (Å²) >= 11 is 7.02. The molecule has 0 spiro atoms. The standard InChI is InChI=1S/C33H38ClN5O5/c1-19-22(9-8-12-26(19)35-29(40)25-18-37(4)32(42)38(5)31(25)41)23-10-7-11-24(28(23)34)27-14-13-20(30(36-27)44-6)15-39-16-21(17-39)33(2,3)43/h7-14,21,25,43H,15-18H2,1-6H3,(H,35,40). The first-order chi connectivity index (χ1) is 20.8. The second kappa shape index (κ2) is 12.2. The molecule has 2 fully saturated rings. The van der Waals surface area contributed by atoms with E-state index in [2.05, 4.69) is 10.2 Å². The quantitative estimate of drug-likeness (QED) is 0.352. The van der Waals surface area contributed by atoms with Crippen molar-refractivity contribution in [3.05, 3.63) is 64.7 Å². The monoisotopic (exact) mass is 619 g/mol. The number of amides is 4. The lowest BCUT2D eigenvalue weighted by Gasteiger charge is -2.45. The van der Waals surface area contributed by atoms with Crippen molar-refractivity contribution in [2.45, 2.75) is 32.9 Å². The number of halogens is 1. The minimum absolute atomic E-state index is 0.00902. The average molecular weight is 620 g/mol. The molecule has 2 aliphatic rings. The number of carbonyl (C=O) groups excluding carboxylic acids is 3. The fourth-order valence-electron chi connectivity index (χ4n) is 5.73. The van der Waals surface area contributed by atoms with Crippen molar-refractivity contribution in [3.63, 3.8) is 0 Å². The molecule has 0 radical (unpaired) electrons. The maximum absolute atomic E-state index is 13.2. The van der Waals surface area contributed by atoms with Crippen molar-refractivity contribution in [2.24, 2.45) is 11.8 Å². The van der Waals surface area contributed by atoms with Gasteiger partial charge in [0, 0.05) is 68.6 Å². The number of methoxy groups -OCH3 is 1. The summed E-state index contributed by atoms with van der Waals surface area (Å²) in [6, 6.07) is 14.7. The van der Waals surface area contributed by atoms with E-state index in [1.165, 1.54) is 11.9 Å². The van der Waals surface area contributed by atoms with Crippen LogP contribution >= 0.6 is 11.6 Å². The molecule has 2 aliphatic heterocycles. The predicted molar refractivity (Wildman–Crippen MR) is 169 cm³/mol. The van der Waals surface area contributed by atoms with Gasteiger partial charge in [-0.3, -0.25) is 19.4 Å². The Kier molecular flexibility index (Phi) is 8.71. The van der Waals surface area contributed by atoms with Crippen molar-refractivity contribution < 1.29 is 24.2 Å². The molecule has 2 saturated heterocycles. The molecule has 3 aromatic rings. The van der Waals surface area contributed by atoms with E-state index in [0.717, 1.165) is 45.8 Å². The van der Waals surface area contributed by atoms with Crippen LogP contribution in [0.15, 0.2) is 48.5 Å². The first kappa shape index (κ1) is 31.4. The molecule has 10 nitrogen and oxygen atoms in total. The summed E-state index contributed by atoms with van der Waals surface area (Å²) in [5.74, 6) is -1.27. The molecule has 5 rings (SSSR count). The molecule has 1 atom stereocenters. The molecule has 4 amide bonds. The van der Waals surface area contributed by atoms with Gasteiger partial charge in [0.15, 0.2) is 0 Å². The molecule has 11 heteroatoms. The van der Waals surface area contributed by atoms with E-state index < -0.39 is 29.4 Å². The minimum atomic E-state index is -1.01. The Bertz CT molecular complexity index is 1610. The number of hydrogen-bond donors (Lipinski definition) is 2. The molecule has 232 valence electrons. The normalized spacial score (nSPS) is 18.0. The molecule has 1 unspecified atom stereocenters. The van der Waals surface area contributed by atoms with Gasteiger partial charge < -0.3 is 20.1 Å². The number of nitrogens with zero attached hydrogens (tertiary/aromatic N) is 4. The van der Waals surface area contributed by atoms with Gasteiger partial charge in [-0.05, 0) is 44.0 Å². The SMILES string of the molecule is COc1nc(-c2cccc(-c3cccc(NC(=O)C4CN(C)C(=O)N(C)C4=O)c3C)c2Cl)ccc1CN1CC(C(C)(C)O)C1. The number of pyridine rings is 1. The number of ether oxygens (including phenoxy) is 1. The summed E-state index contributed by atoms with van der Waals surface area (Å²) in [5.41, 5.74) is 4.56. The van der Waals surface area contributed by atoms with E-state index in [0.29, 0.717) is 28.8 Å². The van der Waals surface area contributed by atoms with Crippen LogP contribution in [0.2, 0.25) is 5.02 Å². The first-order valence-electron chi connectivity index (χ1n) is 14.5. The third-order valence-corrected chi connectivity index (χ3v) is 9.06. The van der Waals surface area contributed by atoms with Gasteiger partial charge in [-0.15, -0.1) is 0 Å². The highest BCUT2D eigenvalue weighted by atomic mass is 35.5. The summed E-state index contributed by atoms with van der Waals surface area (Å²) in [6.45, 7) is 7.88. The summed E-state index contributed by atoms with van der Waals surface area (Å²) in [5, 5.41) is 13.6. The van der Waals surface area contributed by atoms with Gasteiger partial charge in [-0.25, -0.2) is 9.78 Å². The maximum atomic E-state index is 13.2. The van der Waals surface area contributed by atoms with Crippen LogP contribution < -0.4 is 10.1 Å². The van der Waals surface area contributed by atoms with E-state index >= 15 is 0 Å². The first-order valence-corrected chi connectivity index (χ1v) is 14.9. The van der Waals surface area contributed by atoms with E-state index in [9.17, 15) is 19.5 Å². The number of rotatable bonds is 8. The molecule has 0 bridgehead atoms. The Morgan fingerprint density at radius 3 is 2.39 bits per heavy atom. The smallest absolute Gasteiger partial charge is 0.326 e. The Balaban J connectivity index is 1.38. The predicted octanol–water partition coefficient (Wildman–Crippen LogP) is 4.67. The molecule has 0 aliphatic carbocycles. The van der Waals surface area contributed by atoms with Gasteiger partial charge in [0.25, 0.3) is 0 Å². The van der Waals surface area contributed by atoms with Crippen LogP contribution in [0.1, 0.15) is 25.0 Å². The van der Waals surface area contributed by atoms with Crippen molar-refractivity contribution in [1.82, 2.24) is 19.7 Å². The Morgan fingerprint density at radius 1 is 1.05 bits per heavy atom. The molecule has 2 N–H and O–H groups in total. The van der Waals surface area contributed by atoms with Gasteiger partial charge in [0.05, 0.1) is 23.4 Å². The highest BCUT2D eigenvalue weighted by Crippen LogP contribution is 2.40. The number of urea groups is 1. The second-order valence-corrected chi connectivity index (χ2v) is 12.5. The van der Waals surface area contributed by atoms with E-state index in [1.807, 2.05) is 63.2 Å². The lowest BCUT2D eigenvalue weighted by molar-refractivity contribution is -0.140. The third kappa shape index (κ3) is 6.02. The molecule has 2 aromatic carbocycles. The highest BCUT2D eigenvalue weighted by molar-refractivity contribution is 6.36. The summed E-state index contributed by atoms with van der Waals surface area (Å²) in [6.07, 6.45) is 0.